The van der Waals surface area contributed by atoms with E-state index in [1.54, 1.807) is 18.0 Å². The van der Waals surface area contributed by atoms with E-state index in [4.69, 9.17) is 4.42 Å². The van der Waals surface area contributed by atoms with Crippen LogP contribution in [0.4, 0.5) is 0 Å². The van der Waals surface area contributed by atoms with E-state index in [0.29, 0.717) is 6.42 Å². The zero-order chi connectivity index (χ0) is 8.81. The van der Waals surface area contributed by atoms with Gasteiger partial charge in [0.2, 0.25) is 0 Å². The first-order valence-corrected chi connectivity index (χ1v) is 5.41. The van der Waals surface area contributed by atoms with Gasteiger partial charge in [0.1, 0.15) is 5.76 Å². The molecule has 1 aromatic rings. The molecule has 1 rings (SSSR count). The van der Waals surface area contributed by atoms with Crippen molar-refractivity contribution in [3.8, 4) is 0 Å². The zero-order valence-electron chi connectivity index (χ0n) is 7.19. The zero-order valence-corrected chi connectivity index (χ0v) is 8.01. The number of aliphatic hydroxyl groups excluding tert-OH is 1. The average molecular weight is 186 g/mol. The Morgan fingerprint density at radius 3 is 3.08 bits per heavy atom. The summed E-state index contributed by atoms with van der Waals surface area (Å²) < 4.78 is 5.12. The Kier molecular flexibility index (Phi) is 4.25. The van der Waals surface area contributed by atoms with Gasteiger partial charge in [-0.15, -0.1) is 0 Å². The first-order valence-electron chi connectivity index (χ1n) is 4.02. The van der Waals surface area contributed by atoms with Crippen LogP contribution in [-0.2, 0) is 6.42 Å². The van der Waals surface area contributed by atoms with Crippen LogP contribution in [0.1, 0.15) is 12.2 Å². The average Bonchev–Trinajstić information content (AvgIpc) is 2.53. The highest BCUT2D eigenvalue weighted by Crippen LogP contribution is 2.08. The summed E-state index contributed by atoms with van der Waals surface area (Å²) >= 11 is 1.75. The third-order valence-corrected chi connectivity index (χ3v) is 2.32. The molecule has 12 heavy (non-hydrogen) atoms. The maximum Gasteiger partial charge on any atom is 0.106 e. The molecular weight excluding hydrogens is 172 g/mol. The van der Waals surface area contributed by atoms with Gasteiger partial charge in [0.25, 0.3) is 0 Å². The van der Waals surface area contributed by atoms with E-state index in [-0.39, 0.29) is 6.10 Å². The number of hydrogen-bond donors (Lipinski definition) is 1. The summed E-state index contributed by atoms with van der Waals surface area (Å²) in [5, 5.41) is 9.48. The van der Waals surface area contributed by atoms with E-state index in [1.807, 2.05) is 18.4 Å². The first kappa shape index (κ1) is 9.68. The second-order valence-corrected chi connectivity index (χ2v) is 3.70. The molecule has 1 N–H and O–H groups in total. The van der Waals surface area contributed by atoms with Crippen molar-refractivity contribution in [1.29, 1.82) is 0 Å². The second kappa shape index (κ2) is 5.27. The van der Waals surface area contributed by atoms with E-state index in [9.17, 15) is 5.11 Å². The summed E-state index contributed by atoms with van der Waals surface area (Å²) in [4.78, 5) is 0. The second-order valence-electron chi connectivity index (χ2n) is 2.72. The molecule has 0 fully saturated rings. The summed E-state index contributed by atoms with van der Waals surface area (Å²) in [6.45, 7) is 0. The fourth-order valence-electron chi connectivity index (χ4n) is 1.02. The van der Waals surface area contributed by atoms with Crippen LogP contribution in [0.2, 0.25) is 0 Å². The quantitative estimate of drug-likeness (QED) is 0.763. The molecule has 0 saturated carbocycles. The van der Waals surface area contributed by atoms with Gasteiger partial charge in [0.05, 0.1) is 12.4 Å². The molecule has 1 aromatic heterocycles. The Bertz CT molecular complexity index is 196. The van der Waals surface area contributed by atoms with Crippen LogP contribution < -0.4 is 0 Å². The summed E-state index contributed by atoms with van der Waals surface area (Å²) in [5.74, 6) is 1.87. The lowest BCUT2D eigenvalue weighted by molar-refractivity contribution is 0.164. The molecule has 0 radical (unpaired) electrons. The van der Waals surface area contributed by atoms with Crippen molar-refractivity contribution in [1.82, 2.24) is 0 Å². The lowest BCUT2D eigenvalue weighted by Gasteiger charge is -2.06. The highest BCUT2D eigenvalue weighted by Gasteiger charge is 2.06. The monoisotopic (exact) mass is 186 g/mol. The van der Waals surface area contributed by atoms with Gasteiger partial charge in [-0.2, -0.15) is 11.8 Å². The molecule has 0 bridgehead atoms. The third kappa shape index (κ3) is 3.32. The van der Waals surface area contributed by atoms with Gasteiger partial charge >= 0.3 is 0 Å². The van der Waals surface area contributed by atoms with E-state index >= 15 is 0 Å². The van der Waals surface area contributed by atoms with Crippen LogP contribution in [-0.4, -0.2) is 23.2 Å². The number of aliphatic hydroxyl groups is 1. The Hall–Kier alpha value is -0.410. The fourth-order valence-corrected chi connectivity index (χ4v) is 1.52. The van der Waals surface area contributed by atoms with Crippen LogP contribution in [0.3, 0.4) is 0 Å². The summed E-state index contributed by atoms with van der Waals surface area (Å²) in [7, 11) is 0. The van der Waals surface area contributed by atoms with Crippen LogP contribution in [0.25, 0.3) is 0 Å². The highest BCUT2D eigenvalue weighted by atomic mass is 32.2. The molecule has 0 saturated heterocycles. The lowest BCUT2D eigenvalue weighted by Crippen LogP contribution is -2.10. The van der Waals surface area contributed by atoms with E-state index in [2.05, 4.69) is 0 Å². The Morgan fingerprint density at radius 2 is 2.50 bits per heavy atom. The topological polar surface area (TPSA) is 33.4 Å². The first-order chi connectivity index (χ1) is 5.83. The number of rotatable bonds is 5. The van der Waals surface area contributed by atoms with Gasteiger partial charge in [-0.05, 0) is 30.6 Å². The Morgan fingerprint density at radius 1 is 1.67 bits per heavy atom. The normalized spacial score (nSPS) is 13.2. The summed E-state index contributed by atoms with van der Waals surface area (Å²) in [5.41, 5.74) is 0. The van der Waals surface area contributed by atoms with Gasteiger partial charge in [-0.1, -0.05) is 0 Å². The van der Waals surface area contributed by atoms with Crippen molar-refractivity contribution >= 4 is 11.8 Å². The number of thioether (sulfide) groups is 1. The largest absolute Gasteiger partial charge is 0.469 e. The van der Waals surface area contributed by atoms with Crippen LogP contribution in [0, 0.1) is 0 Å². The molecule has 3 heteroatoms. The molecule has 0 aliphatic rings. The maximum absolute atomic E-state index is 9.48. The lowest BCUT2D eigenvalue weighted by atomic mass is 10.2. The van der Waals surface area contributed by atoms with Crippen LogP contribution in [0.5, 0.6) is 0 Å². The maximum atomic E-state index is 9.48. The third-order valence-electron chi connectivity index (χ3n) is 1.67. The molecule has 1 atom stereocenters. The molecule has 1 unspecified atom stereocenters. The molecule has 2 nitrogen and oxygen atoms in total. The van der Waals surface area contributed by atoms with Crippen molar-refractivity contribution in [2.75, 3.05) is 12.0 Å². The summed E-state index contributed by atoms with van der Waals surface area (Å²) in [6.07, 6.45) is 4.88. The molecule has 0 aliphatic carbocycles. The minimum atomic E-state index is -0.261. The molecule has 1 heterocycles. The SMILES string of the molecule is CSCCC(O)Cc1ccco1. The van der Waals surface area contributed by atoms with E-state index in [1.165, 1.54) is 0 Å². The van der Waals surface area contributed by atoms with Gasteiger partial charge in [0.15, 0.2) is 0 Å². The molecule has 0 amide bonds. The standard InChI is InChI=1S/C9H14O2S/c1-12-6-4-8(10)7-9-3-2-5-11-9/h2-3,5,8,10H,4,6-7H2,1H3. The van der Waals surface area contributed by atoms with Crippen molar-refractivity contribution in [3.63, 3.8) is 0 Å². The molecule has 0 aliphatic heterocycles. The predicted molar refractivity (Wildman–Crippen MR) is 51.4 cm³/mol. The van der Waals surface area contributed by atoms with Gasteiger partial charge in [-0.3, -0.25) is 0 Å². The van der Waals surface area contributed by atoms with Crippen molar-refractivity contribution in [2.24, 2.45) is 0 Å². The minimum Gasteiger partial charge on any atom is -0.469 e. The number of hydrogen-bond acceptors (Lipinski definition) is 3. The molecule has 0 aromatic carbocycles. The molecular formula is C9H14O2S. The number of furan rings is 1. The Balaban J connectivity index is 2.22. The summed E-state index contributed by atoms with van der Waals surface area (Å²) in [6, 6.07) is 3.74. The van der Waals surface area contributed by atoms with Crippen molar-refractivity contribution in [3.05, 3.63) is 24.2 Å². The molecule has 0 spiro atoms. The van der Waals surface area contributed by atoms with E-state index < -0.39 is 0 Å². The Labute approximate surface area is 77.0 Å². The van der Waals surface area contributed by atoms with Crippen molar-refractivity contribution in [2.45, 2.75) is 18.9 Å². The predicted octanol–water partition coefficient (Wildman–Crippen LogP) is 1.94. The van der Waals surface area contributed by atoms with E-state index in [0.717, 1.165) is 17.9 Å². The fraction of sp³-hybridized carbons (Fsp3) is 0.556. The van der Waals surface area contributed by atoms with Gasteiger partial charge in [0, 0.05) is 6.42 Å². The van der Waals surface area contributed by atoms with Crippen LogP contribution >= 0.6 is 11.8 Å². The smallest absolute Gasteiger partial charge is 0.106 e. The molecule has 68 valence electrons. The van der Waals surface area contributed by atoms with Crippen LogP contribution in [0.15, 0.2) is 22.8 Å². The highest BCUT2D eigenvalue weighted by molar-refractivity contribution is 7.98. The van der Waals surface area contributed by atoms with Gasteiger partial charge in [-0.25, -0.2) is 0 Å². The minimum absolute atomic E-state index is 0.261. The van der Waals surface area contributed by atoms with Crippen molar-refractivity contribution < 1.29 is 9.52 Å². The van der Waals surface area contributed by atoms with Gasteiger partial charge < -0.3 is 9.52 Å².